The molecule has 9 nitrogen and oxygen atoms in total. The Labute approximate surface area is 205 Å². The van der Waals surface area contributed by atoms with Gasteiger partial charge in [-0.25, -0.2) is 0 Å². The van der Waals surface area contributed by atoms with Crippen LogP contribution in [0.25, 0.3) is 0 Å². The molecule has 2 aliphatic rings. The number of halogens is 3. The van der Waals surface area contributed by atoms with Crippen molar-refractivity contribution in [1.82, 2.24) is 4.90 Å². The van der Waals surface area contributed by atoms with Gasteiger partial charge in [-0.3, -0.25) is 19.7 Å². The number of hydrogen-bond donors (Lipinski definition) is 1. The first-order chi connectivity index (χ1) is 17.1. The van der Waals surface area contributed by atoms with E-state index in [4.69, 9.17) is 0 Å². The Morgan fingerprint density at radius 1 is 0.861 bits per heavy atom. The van der Waals surface area contributed by atoms with Crippen LogP contribution in [0.3, 0.4) is 0 Å². The lowest BCUT2D eigenvalue weighted by atomic mass is 10.1. The van der Waals surface area contributed by atoms with E-state index >= 15 is 0 Å². The summed E-state index contributed by atoms with van der Waals surface area (Å²) >= 11 is 0. The van der Waals surface area contributed by atoms with E-state index in [0.29, 0.717) is 11.4 Å². The zero-order chi connectivity index (χ0) is 25.9. The number of nitro groups is 1. The highest BCUT2D eigenvalue weighted by Crippen LogP contribution is 2.32. The number of nitro benzene ring substituents is 1. The van der Waals surface area contributed by atoms with Gasteiger partial charge in [0.05, 0.1) is 4.92 Å². The van der Waals surface area contributed by atoms with E-state index in [0.717, 1.165) is 42.9 Å². The number of carbonyl (C=O) groups is 2. The van der Waals surface area contributed by atoms with Gasteiger partial charge in [-0.15, -0.1) is 0 Å². The molecule has 2 aromatic rings. The topological polar surface area (TPSA) is 99.0 Å². The zero-order valence-electron chi connectivity index (χ0n) is 19.5. The third-order valence-electron chi connectivity index (χ3n) is 6.43. The summed E-state index contributed by atoms with van der Waals surface area (Å²) in [4.78, 5) is 39.9. The lowest BCUT2D eigenvalue weighted by molar-refractivity contribution is -0.384. The summed E-state index contributed by atoms with van der Waals surface area (Å²) in [6.45, 7) is 1.91. The van der Waals surface area contributed by atoms with E-state index in [1.165, 1.54) is 6.07 Å². The predicted octanol–water partition coefficient (Wildman–Crippen LogP) is 4.05. The molecule has 2 amide bonds. The second kappa shape index (κ2) is 10.4. The SMILES string of the molecule is O=C(Nc1ccc(N2CCN(C(=O)C(F)(F)F)CC2)cc1)c1ccc(N2CCCCC2)c([N+](=O)[O-])c1. The van der Waals surface area contributed by atoms with Crippen LogP contribution < -0.4 is 15.1 Å². The van der Waals surface area contributed by atoms with Gasteiger partial charge in [0.2, 0.25) is 0 Å². The minimum absolute atomic E-state index is 0.0387. The number of rotatable bonds is 5. The molecule has 0 spiro atoms. The number of nitrogens with zero attached hydrogens (tertiary/aromatic N) is 4. The summed E-state index contributed by atoms with van der Waals surface area (Å²) in [5.41, 5.74) is 1.78. The van der Waals surface area contributed by atoms with E-state index in [2.05, 4.69) is 5.32 Å². The van der Waals surface area contributed by atoms with Crippen LogP contribution in [0, 0.1) is 10.1 Å². The van der Waals surface area contributed by atoms with E-state index < -0.39 is 22.9 Å². The van der Waals surface area contributed by atoms with Crippen molar-refractivity contribution >= 4 is 34.6 Å². The molecule has 36 heavy (non-hydrogen) atoms. The molecule has 0 atom stereocenters. The highest BCUT2D eigenvalue weighted by Gasteiger charge is 2.43. The van der Waals surface area contributed by atoms with Crippen molar-refractivity contribution in [3.05, 3.63) is 58.1 Å². The predicted molar refractivity (Wildman–Crippen MR) is 128 cm³/mol. The van der Waals surface area contributed by atoms with Gasteiger partial charge in [0.1, 0.15) is 5.69 Å². The molecule has 2 saturated heterocycles. The van der Waals surface area contributed by atoms with Gasteiger partial charge in [0.15, 0.2) is 0 Å². The fourth-order valence-electron chi connectivity index (χ4n) is 4.52. The van der Waals surface area contributed by atoms with Crippen molar-refractivity contribution in [3.63, 3.8) is 0 Å². The Morgan fingerprint density at radius 2 is 1.50 bits per heavy atom. The molecule has 0 unspecified atom stereocenters. The van der Waals surface area contributed by atoms with Crippen LogP contribution >= 0.6 is 0 Å². The van der Waals surface area contributed by atoms with Crippen LogP contribution in [0.2, 0.25) is 0 Å². The van der Waals surface area contributed by atoms with Crippen molar-refractivity contribution in [2.75, 3.05) is 54.4 Å². The average Bonchev–Trinajstić information content (AvgIpc) is 2.88. The number of piperidine rings is 1. The summed E-state index contributed by atoms with van der Waals surface area (Å²) in [6.07, 6.45) is -1.85. The van der Waals surface area contributed by atoms with Crippen molar-refractivity contribution < 1.29 is 27.7 Å². The van der Waals surface area contributed by atoms with Crippen molar-refractivity contribution in [1.29, 1.82) is 0 Å². The van der Waals surface area contributed by atoms with Crippen molar-refractivity contribution in [2.24, 2.45) is 0 Å². The molecule has 2 aromatic carbocycles. The highest BCUT2D eigenvalue weighted by molar-refractivity contribution is 6.05. The Hall–Kier alpha value is -3.83. The van der Waals surface area contributed by atoms with Crippen LogP contribution in [-0.4, -0.2) is 67.1 Å². The third kappa shape index (κ3) is 5.69. The monoisotopic (exact) mass is 505 g/mol. The number of benzene rings is 2. The first kappa shape index (κ1) is 25.3. The first-order valence-corrected chi connectivity index (χ1v) is 11.7. The second-order valence-corrected chi connectivity index (χ2v) is 8.79. The van der Waals surface area contributed by atoms with Crippen LogP contribution in [0.4, 0.5) is 35.9 Å². The Morgan fingerprint density at radius 3 is 2.08 bits per heavy atom. The molecule has 0 bridgehead atoms. The highest BCUT2D eigenvalue weighted by atomic mass is 19.4. The van der Waals surface area contributed by atoms with E-state index in [-0.39, 0.29) is 37.4 Å². The van der Waals surface area contributed by atoms with Crippen LogP contribution in [0.5, 0.6) is 0 Å². The normalized spacial score (nSPS) is 16.6. The summed E-state index contributed by atoms with van der Waals surface area (Å²) in [7, 11) is 0. The Kier molecular flexibility index (Phi) is 7.32. The lowest BCUT2D eigenvalue weighted by Crippen LogP contribution is -2.52. The van der Waals surface area contributed by atoms with Gasteiger partial charge in [-0.1, -0.05) is 0 Å². The maximum absolute atomic E-state index is 12.8. The molecule has 4 rings (SSSR count). The van der Waals surface area contributed by atoms with Crippen LogP contribution in [0.15, 0.2) is 42.5 Å². The number of carbonyl (C=O) groups excluding carboxylic acids is 2. The van der Waals surface area contributed by atoms with Gasteiger partial charge in [0, 0.05) is 62.3 Å². The molecule has 2 heterocycles. The Balaban J connectivity index is 1.38. The van der Waals surface area contributed by atoms with Crippen LogP contribution in [-0.2, 0) is 4.79 Å². The first-order valence-electron chi connectivity index (χ1n) is 11.7. The average molecular weight is 505 g/mol. The summed E-state index contributed by atoms with van der Waals surface area (Å²) in [6, 6.07) is 11.2. The van der Waals surface area contributed by atoms with Gasteiger partial charge < -0.3 is 20.0 Å². The molecule has 0 saturated carbocycles. The van der Waals surface area contributed by atoms with E-state index in [1.54, 1.807) is 36.4 Å². The molecule has 0 radical (unpaired) electrons. The minimum Gasteiger partial charge on any atom is -0.368 e. The Bertz CT molecular complexity index is 1130. The van der Waals surface area contributed by atoms with E-state index in [1.807, 2.05) is 9.80 Å². The molecule has 2 aliphatic heterocycles. The summed E-state index contributed by atoms with van der Waals surface area (Å²) in [5.74, 6) is -2.32. The maximum Gasteiger partial charge on any atom is 0.471 e. The molecule has 2 fully saturated rings. The molecule has 0 aromatic heterocycles. The van der Waals surface area contributed by atoms with Crippen molar-refractivity contribution in [3.8, 4) is 0 Å². The molecule has 1 N–H and O–H groups in total. The lowest BCUT2D eigenvalue weighted by Gasteiger charge is -2.36. The van der Waals surface area contributed by atoms with Crippen molar-refractivity contribution in [2.45, 2.75) is 25.4 Å². The quantitative estimate of drug-likeness (QED) is 0.486. The van der Waals surface area contributed by atoms with Crippen LogP contribution in [0.1, 0.15) is 29.6 Å². The molecular weight excluding hydrogens is 479 g/mol. The number of piperazine rings is 1. The van der Waals surface area contributed by atoms with Gasteiger partial charge in [-0.05, 0) is 55.7 Å². The smallest absolute Gasteiger partial charge is 0.368 e. The van der Waals surface area contributed by atoms with Gasteiger partial charge >= 0.3 is 12.1 Å². The zero-order valence-corrected chi connectivity index (χ0v) is 19.5. The molecule has 0 aliphatic carbocycles. The standard InChI is InChI=1S/C24H26F3N5O4/c25-24(26,27)23(34)31-14-12-29(13-15-31)19-7-5-18(6-8-19)28-22(33)17-4-9-20(21(16-17)32(35)36)30-10-2-1-3-11-30/h4-9,16H,1-3,10-15H2,(H,28,33). The molecule has 12 heteroatoms. The summed E-state index contributed by atoms with van der Waals surface area (Å²) < 4.78 is 37.9. The molecule has 192 valence electrons. The van der Waals surface area contributed by atoms with Gasteiger partial charge in [-0.2, -0.15) is 13.2 Å². The fourth-order valence-corrected chi connectivity index (χ4v) is 4.52. The number of hydrogen-bond acceptors (Lipinski definition) is 6. The minimum atomic E-state index is -4.88. The number of nitrogens with one attached hydrogen (secondary N) is 1. The van der Waals surface area contributed by atoms with E-state index in [9.17, 15) is 32.9 Å². The fraction of sp³-hybridized carbons (Fsp3) is 0.417. The maximum atomic E-state index is 12.8. The number of amides is 2. The van der Waals surface area contributed by atoms with Gasteiger partial charge in [0.25, 0.3) is 11.6 Å². The third-order valence-corrected chi connectivity index (χ3v) is 6.43. The number of anilines is 3. The largest absolute Gasteiger partial charge is 0.471 e. The summed E-state index contributed by atoms with van der Waals surface area (Å²) in [5, 5.41) is 14.4. The number of alkyl halides is 3. The second-order valence-electron chi connectivity index (χ2n) is 8.79. The molecular formula is C24H26F3N5O4.